The van der Waals surface area contributed by atoms with Crippen molar-refractivity contribution >= 4 is 45.9 Å². The van der Waals surface area contributed by atoms with Crippen molar-refractivity contribution in [2.75, 3.05) is 13.7 Å². The van der Waals surface area contributed by atoms with Crippen LogP contribution in [0, 0.1) is 0 Å². The van der Waals surface area contributed by atoms with Crippen molar-refractivity contribution in [3.8, 4) is 5.75 Å². The minimum absolute atomic E-state index is 0.281. The van der Waals surface area contributed by atoms with Gasteiger partial charge in [0.15, 0.2) is 0 Å². The third kappa shape index (κ3) is 6.15. The number of amides is 2. The largest absolute Gasteiger partial charge is 0.497 e. The lowest BCUT2D eigenvalue weighted by atomic mass is 10.0. The minimum Gasteiger partial charge on any atom is -0.497 e. The Labute approximate surface area is 213 Å². The van der Waals surface area contributed by atoms with Gasteiger partial charge in [0, 0.05) is 45.7 Å². The first-order chi connectivity index (χ1) is 16.9. The molecule has 180 valence electrons. The molecule has 0 fully saturated rings. The normalized spacial score (nSPS) is 11.7. The van der Waals surface area contributed by atoms with E-state index in [0.717, 1.165) is 22.0 Å². The molecule has 1 heterocycles. The first-order valence-corrected chi connectivity index (χ1v) is 11.9. The van der Waals surface area contributed by atoms with Crippen LogP contribution in [0.4, 0.5) is 0 Å². The summed E-state index contributed by atoms with van der Waals surface area (Å²) >= 11 is 12.2. The third-order valence-corrected chi connectivity index (χ3v) is 6.35. The number of carbonyl (C=O) groups excluding carboxylic acids is 2. The van der Waals surface area contributed by atoms with Crippen LogP contribution in [0.15, 0.2) is 72.9 Å². The number of aromatic amines is 1. The number of hydrogen-bond acceptors (Lipinski definition) is 3. The Kier molecular flexibility index (Phi) is 7.95. The lowest BCUT2D eigenvalue weighted by Gasteiger charge is -2.19. The molecule has 0 spiro atoms. The molecule has 35 heavy (non-hydrogen) atoms. The molecule has 1 atom stereocenters. The fourth-order valence-corrected chi connectivity index (χ4v) is 4.41. The van der Waals surface area contributed by atoms with Gasteiger partial charge < -0.3 is 20.4 Å². The Bertz CT molecular complexity index is 1350. The zero-order valence-corrected chi connectivity index (χ0v) is 20.6. The third-order valence-electron chi connectivity index (χ3n) is 5.76. The van der Waals surface area contributed by atoms with E-state index in [1.807, 2.05) is 36.5 Å². The average molecular weight is 510 g/mol. The van der Waals surface area contributed by atoms with Crippen LogP contribution in [0.1, 0.15) is 21.5 Å². The molecule has 0 radical (unpaired) electrons. The maximum atomic E-state index is 13.2. The van der Waals surface area contributed by atoms with Gasteiger partial charge in [-0.3, -0.25) is 9.59 Å². The molecule has 0 aliphatic rings. The standard InChI is InChI=1S/C27H25Cl2N3O3/c1-35-21-6-4-5-18(13-21)26(33)32-25(14-19-16-31-24-8-3-2-7-22(19)24)27(34)30-12-11-17-9-10-20(28)15-23(17)29/h2-10,13,15-16,25,31H,11-12,14H2,1H3,(H,30,34)(H,32,33). The van der Waals surface area contributed by atoms with E-state index in [1.54, 1.807) is 36.4 Å². The van der Waals surface area contributed by atoms with Crippen LogP contribution < -0.4 is 15.4 Å². The van der Waals surface area contributed by atoms with Crippen molar-refractivity contribution in [3.63, 3.8) is 0 Å². The fourth-order valence-electron chi connectivity index (χ4n) is 3.90. The highest BCUT2D eigenvalue weighted by Gasteiger charge is 2.23. The first kappa shape index (κ1) is 24.6. The van der Waals surface area contributed by atoms with Crippen molar-refractivity contribution in [1.82, 2.24) is 15.6 Å². The van der Waals surface area contributed by atoms with Gasteiger partial charge in [-0.1, -0.05) is 53.5 Å². The molecule has 0 saturated carbocycles. The van der Waals surface area contributed by atoms with Gasteiger partial charge in [-0.15, -0.1) is 0 Å². The van der Waals surface area contributed by atoms with Gasteiger partial charge in [-0.2, -0.15) is 0 Å². The number of H-pyrrole nitrogens is 1. The van der Waals surface area contributed by atoms with Gasteiger partial charge in [0.25, 0.3) is 5.91 Å². The van der Waals surface area contributed by atoms with Gasteiger partial charge in [-0.05, 0) is 53.9 Å². The SMILES string of the molecule is COc1cccc(C(=O)NC(Cc2c[nH]c3ccccc23)C(=O)NCCc2ccc(Cl)cc2Cl)c1. The molecule has 0 aliphatic heterocycles. The smallest absolute Gasteiger partial charge is 0.252 e. The molecule has 2 amide bonds. The van der Waals surface area contributed by atoms with Crippen molar-refractivity contribution in [2.45, 2.75) is 18.9 Å². The lowest BCUT2D eigenvalue weighted by molar-refractivity contribution is -0.122. The van der Waals surface area contributed by atoms with E-state index in [2.05, 4.69) is 15.6 Å². The molecule has 6 nitrogen and oxygen atoms in total. The van der Waals surface area contributed by atoms with E-state index in [9.17, 15) is 9.59 Å². The van der Waals surface area contributed by atoms with E-state index in [0.29, 0.717) is 40.7 Å². The molecule has 4 aromatic rings. The molecule has 0 aliphatic carbocycles. The van der Waals surface area contributed by atoms with Crippen molar-refractivity contribution in [1.29, 1.82) is 0 Å². The summed E-state index contributed by atoms with van der Waals surface area (Å²) in [4.78, 5) is 29.4. The Morgan fingerprint density at radius 2 is 1.83 bits per heavy atom. The van der Waals surface area contributed by atoms with Crippen LogP contribution in [0.3, 0.4) is 0 Å². The Balaban J connectivity index is 1.50. The average Bonchev–Trinajstić information content (AvgIpc) is 3.27. The topological polar surface area (TPSA) is 83.2 Å². The first-order valence-electron chi connectivity index (χ1n) is 11.2. The van der Waals surface area contributed by atoms with Gasteiger partial charge in [0.2, 0.25) is 5.91 Å². The highest BCUT2D eigenvalue weighted by atomic mass is 35.5. The summed E-state index contributed by atoms with van der Waals surface area (Å²) in [6.07, 6.45) is 2.73. The van der Waals surface area contributed by atoms with Crippen molar-refractivity contribution in [3.05, 3.63) is 99.7 Å². The molecule has 0 saturated heterocycles. The number of halogens is 2. The van der Waals surface area contributed by atoms with Gasteiger partial charge >= 0.3 is 0 Å². The Hall–Kier alpha value is -3.48. The van der Waals surface area contributed by atoms with Crippen molar-refractivity contribution < 1.29 is 14.3 Å². The molecule has 3 aromatic carbocycles. The van der Waals surface area contributed by atoms with E-state index in [-0.39, 0.29) is 11.8 Å². The molecule has 1 aromatic heterocycles. The van der Waals surface area contributed by atoms with E-state index in [4.69, 9.17) is 27.9 Å². The second kappa shape index (κ2) is 11.3. The molecule has 4 rings (SSSR count). The van der Waals surface area contributed by atoms with Crippen LogP contribution in [0.5, 0.6) is 5.75 Å². The fraction of sp³-hybridized carbons (Fsp3) is 0.185. The van der Waals surface area contributed by atoms with E-state index >= 15 is 0 Å². The summed E-state index contributed by atoms with van der Waals surface area (Å²) in [6, 6.07) is 19.2. The van der Waals surface area contributed by atoms with Crippen LogP contribution in [-0.2, 0) is 17.6 Å². The van der Waals surface area contributed by atoms with Gasteiger partial charge in [-0.25, -0.2) is 0 Å². The summed E-state index contributed by atoms with van der Waals surface area (Å²) < 4.78 is 5.22. The quantitative estimate of drug-likeness (QED) is 0.290. The van der Waals surface area contributed by atoms with Crippen LogP contribution in [-0.4, -0.2) is 36.5 Å². The second-order valence-electron chi connectivity index (χ2n) is 8.10. The highest BCUT2D eigenvalue weighted by molar-refractivity contribution is 6.35. The lowest BCUT2D eigenvalue weighted by Crippen LogP contribution is -2.48. The maximum Gasteiger partial charge on any atom is 0.252 e. The summed E-state index contributed by atoms with van der Waals surface area (Å²) in [5.74, 6) is -0.0728. The predicted molar refractivity (Wildman–Crippen MR) is 139 cm³/mol. The van der Waals surface area contributed by atoms with Crippen LogP contribution in [0.25, 0.3) is 10.9 Å². The zero-order chi connectivity index (χ0) is 24.8. The molecule has 0 bridgehead atoms. The number of methoxy groups -OCH3 is 1. The molecular formula is C27H25Cl2N3O3. The highest BCUT2D eigenvalue weighted by Crippen LogP contribution is 2.22. The number of aromatic nitrogens is 1. The monoisotopic (exact) mass is 509 g/mol. The number of benzene rings is 3. The zero-order valence-electron chi connectivity index (χ0n) is 19.1. The summed E-state index contributed by atoms with van der Waals surface area (Å²) in [7, 11) is 1.54. The van der Waals surface area contributed by atoms with E-state index < -0.39 is 6.04 Å². The Morgan fingerprint density at radius 3 is 2.63 bits per heavy atom. The van der Waals surface area contributed by atoms with Crippen LogP contribution >= 0.6 is 23.2 Å². The summed E-state index contributed by atoms with van der Waals surface area (Å²) in [5, 5.41) is 7.94. The molecule has 1 unspecified atom stereocenters. The van der Waals surface area contributed by atoms with Crippen LogP contribution in [0.2, 0.25) is 10.0 Å². The summed E-state index contributed by atoms with van der Waals surface area (Å²) in [5.41, 5.74) is 3.20. The number of carbonyl (C=O) groups is 2. The minimum atomic E-state index is -0.784. The number of nitrogens with one attached hydrogen (secondary N) is 3. The molecule has 8 heteroatoms. The Morgan fingerprint density at radius 1 is 1.00 bits per heavy atom. The number of rotatable bonds is 9. The van der Waals surface area contributed by atoms with E-state index in [1.165, 1.54) is 7.11 Å². The number of fused-ring (bicyclic) bond motifs is 1. The molecule has 3 N–H and O–H groups in total. The van der Waals surface area contributed by atoms with Gasteiger partial charge in [0.05, 0.1) is 7.11 Å². The number of ether oxygens (including phenoxy) is 1. The number of para-hydroxylation sites is 1. The van der Waals surface area contributed by atoms with Crippen molar-refractivity contribution in [2.24, 2.45) is 0 Å². The summed E-state index contributed by atoms with van der Waals surface area (Å²) in [6.45, 7) is 0.361. The predicted octanol–water partition coefficient (Wildman–Crippen LogP) is 5.18. The molecular weight excluding hydrogens is 485 g/mol. The number of hydrogen-bond donors (Lipinski definition) is 3. The maximum absolute atomic E-state index is 13.2. The second-order valence-corrected chi connectivity index (χ2v) is 8.94. The van der Waals surface area contributed by atoms with Gasteiger partial charge in [0.1, 0.15) is 11.8 Å².